The summed E-state index contributed by atoms with van der Waals surface area (Å²) in [6.07, 6.45) is 0.828. The van der Waals surface area contributed by atoms with Gasteiger partial charge >= 0.3 is 0 Å². The highest BCUT2D eigenvalue weighted by molar-refractivity contribution is 6.00. The predicted molar refractivity (Wildman–Crippen MR) is 62.7 cm³/mol. The fourth-order valence-electron chi connectivity index (χ4n) is 1.94. The van der Waals surface area contributed by atoms with Crippen LogP contribution in [0.1, 0.15) is 37.0 Å². The SMILES string of the molecule is CCC(CC)(CN)C(=O)c1ccc(F)c(F)c1F. The van der Waals surface area contributed by atoms with E-state index in [-0.39, 0.29) is 6.54 Å². The molecule has 0 spiro atoms. The molecular weight excluding hydrogens is 243 g/mol. The first-order valence-electron chi connectivity index (χ1n) is 5.81. The molecule has 0 aliphatic heterocycles. The molecule has 0 saturated carbocycles. The largest absolute Gasteiger partial charge is 0.329 e. The maximum Gasteiger partial charge on any atom is 0.195 e. The molecule has 1 rings (SSSR count). The minimum Gasteiger partial charge on any atom is -0.329 e. The van der Waals surface area contributed by atoms with Gasteiger partial charge in [0.25, 0.3) is 0 Å². The summed E-state index contributed by atoms with van der Waals surface area (Å²) in [4.78, 5) is 12.2. The third kappa shape index (κ3) is 2.27. The van der Waals surface area contributed by atoms with Crippen LogP contribution in [0, 0.1) is 22.9 Å². The van der Waals surface area contributed by atoms with E-state index in [0.717, 1.165) is 12.1 Å². The van der Waals surface area contributed by atoms with Gasteiger partial charge in [-0.05, 0) is 25.0 Å². The van der Waals surface area contributed by atoms with E-state index in [1.54, 1.807) is 13.8 Å². The number of rotatable bonds is 5. The molecule has 0 aliphatic rings. The highest BCUT2D eigenvalue weighted by atomic mass is 19.2. The number of Topliss-reactive ketones (excluding diaryl/α,β-unsaturated/α-hetero) is 1. The molecule has 100 valence electrons. The Kier molecular flexibility index (Phi) is 4.51. The van der Waals surface area contributed by atoms with Crippen LogP contribution in [0.2, 0.25) is 0 Å². The minimum atomic E-state index is -1.63. The van der Waals surface area contributed by atoms with Gasteiger partial charge in [0.05, 0.1) is 5.56 Å². The summed E-state index contributed by atoms with van der Waals surface area (Å²) in [5, 5.41) is 0. The van der Waals surface area contributed by atoms with Crippen LogP contribution in [0.25, 0.3) is 0 Å². The molecule has 5 heteroatoms. The Labute approximate surface area is 104 Å². The Morgan fingerprint density at radius 3 is 2.17 bits per heavy atom. The molecule has 0 amide bonds. The van der Waals surface area contributed by atoms with Crippen LogP contribution in [0.4, 0.5) is 13.2 Å². The first-order valence-corrected chi connectivity index (χ1v) is 5.81. The molecule has 18 heavy (non-hydrogen) atoms. The standard InChI is InChI=1S/C13H16F3NO/c1-3-13(4-2,7-17)12(18)8-5-6-9(14)11(16)10(8)15/h5-6H,3-4,7,17H2,1-2H3. The summed E-state index contributed by atoms with van der Waals surface area (Å²) in [5.41, 5.74) is 4.21. The van der Waals surface area contributed by atoms with Gasteiger partial charge in [0.2, 0.25) is 0 Å². The topological polar surface area (TPSA) is 43.1 Å². The molecule has 0 heterocycles. The van der Waals surface area contributed by atoms with E-state index in [1.165, 1.54) is 0 Å². The summed E-state index contributed by atoms with van der Waals surface area (Å²) in [6.45, 7) is 3.55. The molecule has 0 unspecified atom stereocenters. The van der Waals surface area contributed by atoms with Crippen molar-refractivity contribution in [1.82, 2.24) is 0 Å². The van der Waals surface area contributed by atoms with Gasteiger partial charge in [-0.1, -0.05) is 13.8 Å². The van der Waals surface area contributed by atoms with Crippen molar-refractivity contribution in [3.8, 4) is 0 Å². The average Bonchev–Trinajstić information content (AvgIpc) is 2.39. The van der Waals surface area contributed by atoms with Crippen LogP contribution in [0.5, 0.6) is 0 Å². The van der Waals surface area contributed by atoms with Crippen LogP contribution in [-0.4, -0.2) is 12.3 Å². The van der Waals surface area contributed by atoms with E-state index in [9.17, 15) is 18.0 Å². The third-order valence-corrected chi connectivity index (χ3v) is 3.51. The average molecular weight is 259 g/mol. The highest BCUT2D eigenvalue weighted by Gasteiger charge is 2.36. The van der Waals surface area contributed by atoms with Gasteiger partial charge in [0.1, 0.15) is 0 Å². The summed E-state index contributed by atoms with van der Waals surface area (Å²) in [5.74, 6) is -4.96. The molecule has 1 aromatic carbocycles. The molecule has 2 nitrogen and oxygen atoms in total. The van der Waals surface area contributed by atoms with Crippen molar-refractivity contribution in [3.63, 3.8) is 0 Å². The first-order chi connectivity index (χ1) is 8.43. The van der Waals surface area contributed by atoms with Crippen LogP contribution >= 0.6 is 0 Å². The molecule has 0 saturated heterocycles. The van der Waals surface area contributed by atoms with Crippen molar-refractivity contribution in [3.05, 3.63) is 35.1 Å². The van der Waals surface area contributed by atoms with Crippen LogP contribution in [-0.2, 0) is 0 Å². The van der Waals surface area contributed by atoms with E-state index in [1.807, 2.05) is 0 Å². The maximum atomic E-state index is 13.6. The molecule has 1 aromatic rings. The monoisotopic (exact) mass is 259 g/mol. The van der Waals surface area contributed by atoms with E-state index >= 15 is 0 Å². The number of carbonyl (C=O) groups excluding carboxylic acids is 1. The number of hydrogen-bond donors (Lipinski definition) is 1. The molecule has 0 atom stereocenters. The van der Waals surface area contributed by atoms with Crippen molar-refractivity contribution >= 4 is 5.78 Å². The van der Waals surface area contributed by atoms with Crippen molar-refractivity contribution in [1.29, 1.82) is 0 Å². The lowest BCUT2D eigenvalue weighted by Gasteiger charge is -2.28. The molecule has 2 N–H and O–H groups in total. The maximum absolute atomic E-state index is 13.6. The number of carbonyl (C=O) groups is 1. The molecule has 0 aromatic heterocycles. The second kappa shape index (κ2) is 5.52. The zero-order chi connectivity index (χ0) is 13.9. The zero-order valence-electron chi connectivity index (χ0n) is 10.4. The van der Waals surface area contributed by atoms with Gasteiger partial charge in [0.15, 0.2) is 23.2 Å². The first kappa shape index (κ1) is 14.7. The van der Waals surface area contributed by atoms with E-state index in [2.05, 4.69) is 0 Å². The smallest absolute Gasteiger partial charge is 0.195 e. The van der Waals surface area contributed by atoms with Crippen LogP contribution in [0.3, 0.4) is 0 Å². The predicted octanol–water partition coefficient (Wildman–Crippen LogP) is 3.05. The Balaban J connectivity index is 3.30. The van der Waals surface area contributed by atoms with Crippen LogP contribution in [0.15, 0.2) is 12.1 Å². The summed E-state index contributed by atoms with van der Waals surface area (Å²) in [7, 11) is 0. The van der Waals surface area contributed by atoms with Gasteiger partial charge in [-0.3, -0.25) is 4.79 Å². The fraction of sp³-hybridized carbons (Fsp3) is 0.462. The Morgan fingerprint density at radius 1 is 1.17 bits per heavy atom. The van der Waals surface area contributed by atoms with Gasteiger partial charge in [-0.25, -0.2) is 13.2 Å². The Morgan fingerprint density at radius 2 is 1.72 bits per heavy atom. The quantitative estimate of drug-likeness (QED) is 0.652. The summed E-state index contributed by atoms with van der Waals surface area (Å²) < 4.78 is 39.5. The van der Waals surface area contributed by atoms with E-state index in [0.29, 0.717) is 12.8 Å². The number of nitrogens with two attached hydrogens (primary N) is 1. The van der Waals surface area contributed by atoms with E-state index in [4.69, 9.17) is 5.73 Å². The van der Waals surface area contributed by atoms with Gasteiger partial charge in [0, 0.05) is 12.0 Å². The van der Waals surface area contributed by atoms with Crippen LogP contribution < -0.4 is 5.73 Å². The van der Waals surface area contributed by atoms with Crippen molar-refractivity contribution in [2.45, 2.75) is 26.7 Å². The van der Waals surface area contributed by atoms with Gasteiger partial charge in [-0.2, -0.15) is 0 Å². The van der Waals surface area contributed by atoms with E-state index < -0.39 is 34.2 Å². The second-order valence-electron chi connectivity index (χ2n) is 4.24. The molecule has 0 bridgehead atoms. The lowest BCUT2D eigenvalue weighted by atomic mass is 9.76. The third-order valence-electron chi connectivity index (χ3n) is 3.51. The van der Waals surface area contributed by atoms with Gasteiger partial charge in [-0.15, -0.1) is 0 Å². The van der Waals surface area contributed by atoms with Crippen molar-refractivity contribution < 1.29 is 18.0 Å². The number of ketones is 1. The van der Waals surface area contributed by atoms with Crippen molar-refractivity contribution in [2.24, 2.45) is 11.1 Å². The Hall–Kier alpha value is -1.36. The Bertz CT molecular complexity index is 448. The highest BCUT2D eigenvalue weighted by Crippen LogP contribution is 2.31. The lowest BCUT2D eigenvalue weighted by molar-refractivity contribution is 0.0781. The lowest BCUT2D eigenvalue weighted by Crippen LogP contribution is -2.38. The molecule has 0 aliphatic carbocycles. The van der Waals surface area contributed by atoms with Gasteiger partial charge < -0.3 is 5.73 Å². The second-order valence-corrected chi connectivity index (χ2v) is 4.24. The number of hydrogen-bond acceptors (Lipinski definition) is 2. The normalized spacial score (nSPS) is 11.7. The number of halogens is 3. The number of benzene rings is 1. The molecule has 0 radical (unpaired) electrons. The molecular formula is C13H16F3NO. The fourth-order valence-corrected chi connectivity index (χ4v) is 1.94. The summed E-state index contributed by atoms with van der Waals surface area (Å²) in [6, 6.07) is 1.71. The zero-order valence-corrected chi connectivity index (χ0v) is 10.4. The molecule has 0 fully saturated rings. The minimum absolute atomic E-state index is 0.0390. The summed E-state index contributed by atoms with van der Waals surface area (Å²) >= 11 is 0. The van der Waals surface area contributed by atoms with Crippen molar-refractivity contribution in [2.75, 3.05) is 6.54 Å².